The molecular weight excluding hydrogens is 252 g/mol. The Kier molecular flexibility index (Phi) is 3.53. The summed E-state index contributed by atoms with van der Waals surface area (Å²) < 4.78 is 5.24. The topological polar surface area (TPSA) is 46.5 Å². The van der Waals surface area contributed by atoms with Crippen LogP contribution in [0, 0.1) is 0 Å². The Labute approximate surface area is 110 Å². The van der Waals surface area contributed by atoms with E-state index in [1.807, 2.05) is 0 Å². The molecule has 0 aliphatic carbocycles. The van der Waals surface area contributed by atoms with Gasteiger partial charge in [-0.05, 0) is 29.8 Å². The van der Waals surface area contributed by atoms with E-state index in [-0.39, 0.29) is 5.56 Å². The molecule has 0 saturated carbocycles. The highest BCUT2D eigenvalue weighted by atomic mass is 35.5. The minimum atomic E-state index is -0.979. The maximum absolute atomic E-state index is 11.2. The third-order valence-electron chi connectivity index (χ3n) is 2.61. The first-order chi connectivity index (χ1) is 8.63. The molecule has 0 fully saturated rings. The zero-order valence-corrected chi connectivity index (χ0v) is 10.4. The Bertz CT molecular complexity index is 593. The molecular formula is C14H11ClO3. The molecule has 0 aliphatic rings. The molecule has 0 spiro atoms. The highest BCUT2D eigenvalue weighted by Crippen LogP contribution is 2.34. The zero-order valence-electron chi connectivity index (χ0n) is 9.68. The molecule has 18 heavy (non-hydrogen) atoms. The van der Waals surface area contributed by atoms with Gasteiger partial charge in [-0.3, -0.25) is 0 Å². The average molecular weight is 263 g/mol. The van der Waals surface area contributed by atoms with Crippen molar-refractivity contribution in [3.63, 3.8) is 0 Å². The van der Waals surface area contributed by atoms with Crippen molar-refractivity contribution in [2.75, 3.05) is 7.11 Å². The van der Waals surface area contributed by atoms with Crippen LogP contribution in [0.25, 0.3) is 11.1 Å². The van der Waals surface area contributed by atoms with E-state index in [9.17, 15) is 9.90 Å². The zero-order chi connectivity index (χ0) is 13.1. The number of methoxy groups -OCH3 is 1. The van der Waals surface area contributed by atoms with Crippen LogP contribution in [-0.4, -0.2) is 18.2 Å². The first kappa shape index (κ1) is 12.5. The molecule has 4 heteroatoms. The molecule has 2 aromatic carbocycles. The van der Waals surface area contributed by atoms with Gasteiger partial charge in [-0.1, -0.05) is 29.8 Å². The number of carboxylic acid groups (broad SMARTS) is 1. The summed E-state index contributed by atoms with van der Waals surface area (Å²) in [6.07, 6.45) is 0. The van der Waals surface area contributed by atoms with Gasteiger partial charge in [0, 0.05) is 10.6 Å². The smallest absolute Gasteiger partial charge is 0.336 e. The van der Waals surface area contributed by atoms with Crippen molar-refractivity contribution in [3.05, 3.63) is 53.1 Å². The van der Waals surface area contributed by atoms with Crippen LogP contribution in [0.2, 0.25) is 5.02 Å². The lowest BCUT2D eigenvalue weighted by molar-refractivity contribution is 0.0697. The number of aromatic carboxylic acids is 1. The lowest BCUT2D eigenvalue weighted by atomic mass is 9.99. The number of hydrogen-bond donors (Lipinski definition) is 1. The Balaban J connectivity index is 2.68. The van der Waals surface area contributed by atoms with E-state index in [1.165, 1.54) is 7.11 Å². The highest BCUT2D eigenvalue weighted by molar-refractivity contribution is 6.31. The van der Waals surface area contributed by atoms with Crippen molar-refractivity contribution >= 4 is 17.6 Å². The van der Waals surface area contributed by atoms with Crippen molar-refractivity contribution in [1.29, 1.82) is 0 Å². The van der Waals surface area contributed by atoms with Crippen LogP contribution in [0.4, 0.5) is 0 Å². The molecule has 92 valence electrons. The van der Waals surface area contributed by atoms with E-state index in [1.54, 1.807) is 42.5 Å². The van der Waals surface area contributed by atoms with E-state index in [0.717, 1.165) is 0 Å². The normalized spacial score (nSPS) is 10.1. The summed E-state index contributed by atoms with van der Waals surface area (Å²) in [5.74, 6) is -0.388. The van der Waals surface area contributed by atoms with E-state index in [0.29, 0.717) is 21.9 Å². The second-order valence-electron chi connectivity index (χ2n) is 3.70. The third-order valence-corrected chi connectivity index (χ3v) is 2.84. The molecule has 0 unspecified atom stereocenters. The van der Waals surface area contributed by atoms with Gasteiger partial charge in [-0.15, -0.1) is 0 Å². The number of halogens is 1. The highest BCUT2D eigenvalue weighted by Gasteiger charge is 2.14. The maximum Gasteiger partial charge on any atom is 0.336 e. The van der Waals surface area contributed by atoms with E-state index in [2.05, 4.69) is 0 Å². The van der Waals surface area contributed by atoms with Crippen LogP contribution in [0.3, 0.4) is 0 Å². The quantitative estimate of drug-likeness (QED) is 0.917. The molecule has 0 aromatic heterocycles. The Morgan fingerprint density at radius 1 is 1.17 bits per heavy atom. The number of ether oxygens (including phenoxy) is 1. The van der Waals surface area contributed by atoms with Crippen molar-refractivity contribution in [1.82, 2.24) is 0 Å². The SMILES string of the molecule is COc1ccc(Cl)cc1-c1ccccc1C(=O)O. The summed E-state index contributed by atoms with van der Waals surface area (Å²) in [7, 11) is 1.54. The van der Waals surface area contributed by atoms with Crippen LogP contribution < -0.4 is 4.74 Å². The van der Waals surface area contributed by atoms with Crippen LogP contribution in [0.1, 0.15) is 10.4 Å². The number of carboxylic acids is 1. The predicted octanol–water partition coefficient (Wildman–Crippen LogP) is 3.71. The second kappa shape index (κ2) is 5.10. The molecule has 0 amide bonds. The standard InChI is InChI=1S/C14H11ClO3/c1-18-13-7-6-9(15)8-12(13)10-4-2-3-5-11(10)14(16)17/h2-8H,1H3,(H,16,17). The lowest BCUT2D eigenvalue weighted by Crippen LogP contribution is -2.00. The largest absolute Gasteiger partial charge is 0.496 e. The molecule has 2 rings (SSSR count). The molecule has 1 N–H and O–H groups in total. The van der Waals surface area contributed by atoms with E-state index in [4.69, 9.17) is 16.3 Å². The van der Waals surface area contributed by atoms with Gasteiger partial charge in [0.2, 0.25) is 0 Å². The van der Waals surface area contributed by atoms with Gasteiger partial charge in [0.05, 0.1) is 12.7 Å². The summed E-state index contributed by atoms with van der Waals surface area (Å²) >= 11 is 5.95. The first-order valence-corrected chi connectivity index (χ1v) is 5.67. The maximum atomic E-state index is 11.2. The fourth-order valence-electron chi connectivity index (χ4n) is 1.80. The van der Waals surface area contributed by atoms with Crippen LogP contribution >= 0.6 is 11.6 Å². The fraction of sp³-hybridized carbons (Fsp3) is 0.0714. The van der Waals surface area contributed by atoms with Crippen LogP contribution in [0.5, 0.6) is 5.75 Å². The number of carbonyl (C=O) groups is 1. The molecule has 0 saturated heterocycles. The monoisotopic (exact) mass is 262 g/mol. The Morgan fingerprint density at radius 2 is 1.89 bits per heavy atom. The summed E-state index contributed by atoms with van der Waals surface area (Å²) in [6.45, 7) is 0. The summed E-state index contributed by atoms with van der Waals surface area (Å²) in [5, 5.41) is 9.72. The molecule has 0 atom stereocenters. The van der Waals surface area contributed by atoms with Gasteiger partial charge in [0.15, 0.2) is 0 Å². The number of benzene rings is 2. The molecule has 3 nitrogen and oxygen atoms in total. The second-order valence-corrected chi connectivity index (χ2v) is 4.13. The summed E-state index contributed by atoms with van der Waals surface area (Å²) in [6, 6.07) is 11.9. The van der Waals surface area contributed by atoms with Gasteiger partial charge in [-0.2, -0.15) is 0 Å². The van der Waals surface area contributed by atoms with Crippen LogP contribution in [-0.2, 0) is 0 Å². The summed E-state index contributed by atoms with van der Waals surface area (Å²) in [5.41, 5.74) is 1.48. The number of rotatable bonds is 3. The lowest BCUT2D eigenvalue weighted by Gasteiger charge is -2.11. The van der Waals surface area contributed by atoms with Crippen molar-refractivity contribution < 1.29 is 14.6 Å². The molecule has 0 radical (unpaired) electrons. The van der Waals surface area contributed by atoms with Crippen molar-refractivity contribution in [2.24, 2.45) is 0 Å². The van der Waals surface area contributed by atoms with Gasteiger partial charge < -0.3 is 9.84 Å². The fourth-order valence-corrected chi connectivity index (χ4v) is 1.97. The van der Waals surface area contributed by atoms with Gasteiger partial charge in [0.25, 0.3) is 0 Å². The molecule has 0 bridgehead atoms. The first-order valence-electron chi connectivity index (χ1n) is 5.29. The van der Waals surface area contributed by atoms with Crippen molar-refractivity contribution in [2.45, 2.75) is 0 Å². The third kappa shape index (κ3) is 2.31. The molecule has 2 aromatic rings. The minimum absolute atomic E-state index is 0.220. The minimum Gasteiger partial charge on any atom is -0.496 e. The average Bonchev–Trinajstić information content (AvgIpc) is 2.38. The Hall–Kier alpha value is -2.00. The van der Waals surface area contributed by atoms with Gasteiger partial charge >= 0.3 is 5.97 Å². The van der Waals surface area contributed by atoms with Crippen molar-refractivity contribution in [3.8, 4) is 16.9 Å². The predicted molar refractivity (Wildman–Crippen MR) is 70.4 cm³/mol. The molecule has 0 heterocycles. The van der Waals surface area contributed by atoms with Crippen LogP contribution in [0.15, 0.2) is 42.5 Å². The van der Waals surface area contributed by atoms with E-state index < -0.39 is 5.97 Å². The van der Waals surface area contributed by atoms with Gasteiger partial charge in [0.1, 0.15) is 5.75 Å². The molecule has 0 aliphatic heterocycles. The van der Waals surface area contributed by atoms with Gasteiger partial charge in [-0.25, -0.2) is 4.79 Å². The Morgan fingerprint density at radius 3 is 2.56 bits per heavy atom. The number of hydrogen-bond acceptors (Lipinski definition) is 2. The summed E-state index contributed by atoms with van der Waals surface area (Å²) in [4.78, 5) is 11.2. The van der Waals surface area contributed by atoms with E-state index >= 15 is 0 Å².